The van der Waals surface area contributed by atoms with Crippen LogP contribution in [-0.4, -0.2) is 11.0 Å². The zero-order valence-electron chi connectivity index (χ0n) is 9.35. The van der Waals surface area contributed by atoms with Gasteiger partial charge in [0.25, 0.3) is 5.91 Å². The second-order valence-corrected chi connectivity index (χ2v) is 4.15. The van der Waals surface area contributed by atoms with Crippen molar-refractivity contribution in [3.63, 3.8) is 0 Å². The first-order chi connectivity index (χ1) is 8.56. The summed E-state index contributed by atoms with van der Waals surface area (Å²) in [6, 6.07) is 10.9. The molecule has 0 bridgehead atoms. The molecule has 0 fully saturated rings. The number of nitrogens with two attached hydrogens (primary N) is 1. The lowest BCUT2D eigenvalue weighted by Crippen LogP contribution is -2.12. The summed E-state index contributed by atoms with van der Waals surface area (Å²) in [5.74, 6) is -0.276. The van der Waals surface area contributed by atoms with Crippen molar-refractivity contribution in [2.45, 2.75) is 0 Å². The molecule has 0 atom stereocenters. The molecule has 0 spiro atoms. The number of carbonyl (C=O) groups excluding carboxylic acids is 1. The van der Waals surface area contributed by atoms with E-state index in [9.17, 15) is 9.90 Å². The minimum atomic E-state index is -0.356. The molecule has 0 aliphatic rings. The number of benzene rings is 2. The van der Waals surface area contributed by atoms with Crippen LogP contribution in [0.5, 0.6) is 5.75 Å². The topological polar surface area (TPSA) is 75.4 Å². The standard InChI is InChI=1S/C13H11ClN2O2/c14-12-6-8(15)4-5-11(12)13(18)16-9-2-1-3-10(17)7-9/h1-7,17H,15H2,(H,16,18). The largest absolute Gasteiger partial charge is 0.508 e. The van der Waals surface area contributed by atoms with Gasteiger partial charge in [0.2, 0.25) is 0 Å². The van der Waals surface area contributed by atoms with Crippen LogP contribution in [-0.2, 0) is 0 Å². The van der Waals surface area contributed by atoms with E-state index in [2.05, 4.69) is 5.32 Å². The van der Waals surface area contributed by atoms with E-state index in [1.54, 1.807) is 24.3 Å². The van der Waals surface area contributed by atoms with E-state index >= 15 is 0 Å². The predicted octanol–water partition coefficient (Wildman–Crippen LogP) is 2.88. The molecule has 2 aromatic rings. The maximum Gasteiger partial charge on any atom is 0.257 e. The Morgan fingerprint density at radius 1 is 1.22 bits per heavy atom. The first kappa shape index (κ1) is 12.3. The lowest BCUT2D eigenvalue weighted by Gasteiger charge is -2.07. The van der Waals surface area contributed by atoms with Gasteiger partial charge < -0.3 is 16.2 Å². The number of nitrogen functional groups attached to an aromatic ring is 1. The van der Waals surface area contributed by atoms with Crippen LogP contribution in [0.1, 0.15) is 10.4 Å². The summed E-state index contributed by atoms with van der Waals surface area (Å²) in [7, 11) is 0. The SMILES string of the molecule is Nc1ccc(C(=O)Nc2cccc(O)c2)c(Cl)c1. The highest BCUT2D eigenvalue weighted by Crippen LogP contribution is 2.21. The van der Waals surface area contributed by atoms with Crippen LogP contribution < -0.4 is 11.1 Å². The second-order valence-electron chi connectivity index (χ2n) is 3.74. The van der Waals surface area contributed by atoms with Crippen molar-refractivity contribution in [1.82, 2.24) is 0 Å². The third-order valence-electron chi connectivity index (χ3n) is 2.34. The average Bonchev–Trinajstić information content (AvgIpc) is 2.28. The van der Waals surface area contributed by atoms with Crippen molar-refractivity contribution in [2.24, 2.45) is 0 Å². The molecule has 0 aliphatic carbocycles. The third-order valence-corrected chi connectivity index (χ3v) is 2.65. The fraction of sp³-hybridized carbons (Fsp3) is 0. The van der Waals surface area contributed by atoms with Crippen molar-refractivity contribution in [3.8, 4) is 5.75 Å². The number of phenolic OH excluding ortho intramolecular Hbond substituents is 1. The van der Waals surface area contributed by atoms with Gasteiger partial charge in [-0.25, -0.2) is 0 Å². The zero-order chi connectivity index (χ0) is 13.1. The zero-order valence-corrected chi connectivity index (χ0v) is 10.1. The van der Waals surface area contributed by atoms with Gasteiger partial charge in [0.05, 0.1) is 10.6 Å². The summed E-state index contributed by atoms with van der Waals surface area (Å²) < 4.78 is 0. The number of rotatable bonds is 2. The number of hydrogen-bond acceptors (Lipinski definition) is 3. The summed E-state index contributed by atoms with van der Waals surface area (Å²) in [4.78, 5) is 11.9. The van der Waals surface area contributed by atoms with Crippen LogP contribution in [0.4, 0.5) is 11.4 Å². The first-order valence-electron chi connectivity index (χ1n) is 5.21. The normalized spacial score (nSPS) is 10.1. The molecule has 92 valence electrons. The van der Waals surface area contributed by atoms with Crippen LogP contribution in [0.25, 0.3) is 0 Å². The maximum absolute atomic E-state index is 11.9. The van der Waals surface area contributed by atoms with Gasteiger partial charge in [-0.05, 0) is 30.3 Å². The highest BCUT2D eigenvalue weighted by Gasteiger charge is 2.10. The van der Waals surface area contributed by atoms with Gasteiger partial charge in [0.1, 0.15) is 5.75 Å². The molecule has 0 saturated heterocycles. The van der Waals surface area contributed by atoms with Gasteiger partial charge in [0.15, 0.2) is 0 Å². The van der Waals surface area contributed by atoms with Crippen LogP contribution in [0.3, 0.4) is 0 Å². The summed E-state index contributed by atoms with van der Waals surface area (Å²) >= 11 is 5.93. The molecule has 0 unspecified atom stereocenters. The minimum Gasteiger partial charge on any atom is -0.508 e. The van der Waals surface area contributed by atoms with Gasteiger partial charge in [0, 0.05) is 17.4 Å². The van der Waals surface area contributed by atoms with Crippen LogP contribution in [0, 0.1) is 0 Å². The van der Waals surface area contributed by atoms with E-state index in [-0.39, 0.29) is 16.7 Å². The van der Waals surface area contributed by atoms with Crippen molar-refractivity contribution in [2.75, 3.05) is 11.1 Å². The number of hydrogen-bond donors (Lipinski definition) is 3. The molecule has 0 aromatic heterocycles. The van der Waals surface area contributed by atoms with Crippen LogP contribution in [0.2, 0.25) is 5.02 Å². The number of carbonyl (C=O) groups is 1. The van der Waals surface area contributed by atoms with Crippen LogP contribution in [0.15, 0.2) is 42.5 Å². The van der Waals surface area contributed by atoms with E-state index < -0.39 is 0 Å². The van der Waals surface area contributed by atoms with Crippen molar-refractivity contribution >= 4 is 28.9 Å². The number of anilines is 2. The van der Waals surface area contributed by atoms with Crippen molar-refractivity contribution in [3.05, 3.63) is 53.1 Å². The lowest BCUT2D eigenvalue weighted by molar-refractivity contribution is 0.102. The van der Waals surface area contributed by atoms with Gasteiger partial charge >= 0.3 is 0 Å². The first-order valence-corrected chi connectivity index (χ1v) is 5.59. The molecule has 0 heterocycles. The summed E-state index contributed by atoms with van der Waals surface area (Å²) in [5.41, 5.74) is 6.87. The van der Waals surface area contributed by atoms with E-state index in [1.807, 2.05) is 0 Å². The highest BCUT2D eigenvalue weighted by atomic mass is 35.5. The quantitative estimate of drug-likeness (QED) is 0.729. The Bertz CT molecular complexity index is 599. The Labute approximate surface area is 109 Å². The number of phenols is 1. The predicted molar refractivity (Wildman–Crippen MR) is 71.9 cm³/mol. The summed E-state index contributed by atoms with van der Waals surface area (Å²) in [6.45, 7) is 0. The Balaban J connectivity index is 2.22. The number of amides is 1. The van der Waals surface area contributed by atoms with E-state index in [1.165, 1.54) is 18.2 Å². The summed E-state index contributed by atoms with van der Waals surface area (Å²) in [6.07, 6.45) is 0. The molecule has 0 saturated carbocycles. The Morgan fingerprint density at radius 3 is 2.67 bits per heavy atom. The van der Waals surface area contributed by atoms with Gasteiger partial charge in [-0.2, -0.15) is 0 Å². The van der Waals surface area contributed by atoms with Gasteiger partial charge in [-0.1, -0.05) is 17.7 Å². The maximum atomic E-state index is 11.9. The monoisotopic (exact) mass is 262 g/mol. The molecule has 1 amide bonds. The Morgan fingerprint density at radius 2 is 2.00 bits per heavy atom. The molecule has 18 heavy (non-hydrogen) atoms. The molecule has 2 aromatic carbocycles. The van der Waals surface area contributed by atoms with Gasteiger partial charge in [-0.3, -0.25) is 4.79 Å². The van der Waals surface area contributed by atoms with Crippen molar-refractivity contribution < 1.29 is 9.90 Å². The summed E-state index contributed by atoms with van der Waals surface area (Å²) in [5, 5.41) is 12.2. The Hall–Kier alpha value is -2.20. The molecule has 0 radical (unpaired) electrons. The van der Waals surface area contributed by atoms with E-state index in [4.69, 9.17) is 17.3 Å². The average molecular weight is 263 g/mol. The molecule has 0 aliphatic heterocycles. The lowest BCUT2D eigenvalue weighted by atomic mass is 10.2. The molecular weight excluding hydrogens is 252 g/mol. The molecule has 4 nitrogen and oxygen atoms in total. The number of halogens is 1. The third kappa shape index (κ3) is 2.73. The molecular formula is C13H11ClN2O2. The Kier molecular flexibility index (Phi) is 3.39. The number of aromatic hydroxyl groups is 1. The fourth-order valence-electron chi connectivity index (χ4n) is 1.50. The van der Waals surface area contributed by atoms with E-state index in [0.29, 0.717) is 16.9 Å². The highest BCUT2D eigenvalue weighted by molar-refractivity contribution is 6.34. The fourth-order valence-corrected chi connectivity index (χ4v) is 1.77. The second kappa shape index (κ2) is 4.98. The number of nitrogens with one attached hydrogen (secondary N) is 1. The smallest absolute Gasteiger partial charge is 0.257 e. The minimum absolute atomic E-state index is 0.0798. The van der Waals surface area contributed by atoms with Gasteiger partial charge in [-0.15, -0.1) is 0 Å². The molecule has 5 heteroatoms. The molecule has 4 N–H and O–H groups in total. The van der Waals surface area contributed by atoms with E-state index in [0.717, 1.165) is 0 Å². The van der Waals surface area contributed by atoms with Crippen molar-refractivity contribution in [1.29, 1.82) is 0 Å². The van der Waals surface area contributed by atoms with Crippen LogP contribution >= 0.6 is 11.6 Å². The molecule has 2 rings (SSSR count).